The van der Waals surface area contributed by atoms with Crippen LogP contribution in [0.2, 0.25) is 0 Å². The number of tetrazole rings is 1. The zero-order valence-electron chi connectivity index (χ0n) is 16.8. The molecule has 1 amide bonds. The van der Waals surface area contributed by atoms with Gasteiger partial charge in [-0.25, -0.2) is 0 Å². The van der Waals surface area contributed by atoms with Crippen LogP contribution in [0.3, 0.4) is 0 Å². The molecule has 156 valence electrons. The van der Waals surface area contributed by atoms with Crippen LogP contribution in [0.1, 0.15) is 12.0 Å². The van der Waals surface area contributed by atoms with E-state index in [4.69, 9.17) is 4.74 Å². The van der Waals surface area contributed by atoms with Crippen LogP contribution in [0.5, 0.6) is 5.75 Å². The molecule has 8 nitrogen and oxygen atoms in total. The summed E-state index contributed by atoms with van der Waals surface area (Å²) < 4.78 is 6.97. The van der Waals surface area contributed by atoms with Gasteiger partial charge >= 0.3 is 0 Å². The van der Waals surface area contributed by atoms with Crippen LogP contribution in [0, 0.1) is 0 Å². The highest BCUT2D eigenvalue weighted by molar-refractivity contribution is 7.99. The monoisotopic (exact) mass is 424 g/mol. The summed E-state index contributed by atoms with van der Waals surface area (Å²) in [5, 5.41) is 15.5. The average Bonchev–Trinajstić information content (AvgIpc) is 3.42. The number of hydrogen-bond donors (Lipinski definition) is 1. The van der Waals surface area contributed by atoms with Crippen LogP contribution >= 0.6 is 11.8 Å². The van der Waals surface area contributed by atoms with E-state index in [9.17, 15) is 4.79 Å². The molecular weight excluding hydrogens is 400 g/mol. The first-order chi connectivity index (χ1) is 14.7. The van der Waals surface area contributed by atoms with E-state index in [1.54, 1.807) is 11.8 Å². The third-order valence-electron chi connectivity index (χ3n) is 4.97. The fraction of sp³-hybridized carbons (Fsp3) is 0.333. The summed E-state index contributed by atoms with van der Waals surface area (Å²) in [6, 6.07) is 18.1. The van der Waals surface area contributed by atoms with Gasteiger partial charge in [-0.15, -0.1) is 5.10 Å². The molecule has 2 aromatic carbocycles. The van der Waals surface area contributed by atoms with E-state index in [-0.39, 0.29) is 17.7 Å². The largest absolute Gasteiger partial charge is 0.494 e. The molecule has 0 saturated carbocycles. The number of amides is 1. The Hall–Kier alpha value is -2.91. The maximum atomic E-state index is 12.5. The van der Waals surface area contributed by atoms with Crippen LogP contribution < -0.4 is 10.1 Å². The lowest BCUT2D eigenvalue weighted by Crippen LogP contribution is -2.38. The number of ether oxygens (including phenoxy) is 1. The van der Waals surface area contributed by atoms with Gasteiger partial charge in [-0.1, -0.05) is 54.2 Å². The van der Waals surface area contributed by atoms with Gasteiger partial charge in [-0.05, 0) is 34.5 Å². The predicted octanol–water partition coefficient (Wildman–Crippen LogP) is 2.15. The number of likely N-dealkylation sites (tertiary alicyclic amines) is 1. The van der Waals surface area contributed by atoms with Gasteiger partial charge in [0.1, 0.15) is 11.4 Å². The number of hydrogen-bond acceptors (Lipinski definition) is 7. The number of thioether (sulfide) groups is 1. The molecule has 2 heterocycles. The lowest BCUT2D eigenvalue weighted by Gasteiger charge is -2.16. The number of aromatic nitrogens is 4. The number of methoxy groups -OCH3 is 1. The summed E-state index contributed by atoms with van der Waals surface area (Å²) in [4.78, 5) is 14.8. The van der Waals surface area contributed by atoms with E-state index in [1.807, 2.05) is 30.3 Å². The van der Waals surface area contributed by atoms with Crippen molar-refractivity contribution in [2.45, 2.75) is 24.2 Å². The normalized spacial score (nSPS) is 16.5. The molecule has 9 heteroatoms. The molecule has 1 fully saturated rings. The van der Waals surface area contributed by atoms with Crippen LogP contribution in [0.25, 0.3) is 5.69 Å². The minimum absolute atomic E-state index is 0.0128. The van der Waals surface area contributed by atoms with Crippen molar-refractivity contribution in [1.82, 2.24) is 30.4 Å². The fourth-order valence-corrected chi connectivity index (χ4v) is 4.25. The Labute approximate surface area is 179 Å². The third-order valence-corrected chi connectivity index (χ3v) is 5.89. The summed E-state index contributed by atoms with van der Waals surface area (Å²) in [5.74, 6) is 0.909. The summed E-state index contributed by atoms with van der Waals surface area (Å²) >= 11 is 1.31. The molecule has 0 bridgehead atoms. The molecule has 3 aromatic rings. The second-order valence-electron chi connectivity index (χ2n) is 7.11. The Kier molecular flexibility index (Phi) is 6.60. The zero-order valence-corrected chi connectivity index (χ0v) is 17.6. The van der Waals surface area contributed by atoms with Crippen LogP contribution in [0.15, 0.2) is 59.8 Å². The predicted molar refractivity (Wildman–Crippen MR) is 115 cm³/mol. The molecule has 1 atom stereocenters. The Morgan fingerprint density at radius 2 is 2.00 bits per heavy atom. The third kappa shape index (κ3) is 4.98. The van der Waals surface area contributed by atoms with Gasteiger partial charge in [-0.2, -0.15) is 4.68 Å². The molecule has 0 spiro atoms. The van der Waals surface area contributed by atoms with E-state index in [0.717, 1.165) is 31.7 Å². The molecule has 0 radical (unpaired) electrons. The van der Waals surface area contributed by atoms with E-state index >= 15 is 0 Å². The number of rotatable bonds is 8. The van der Waals surface area contributed by atoms with E-state index in [1.165, 1.54) is 17.3 Å². The van der Waals surface area contributed by atoms with Gasteiger partial charge in [0.15, 0.2) is 0 Å². The first-order valence-corrected chi connectivity index (χ1v) is 10.8. The lowest BCUT2D eigenvalue weighted by atomic mass is 10.2. The number of carbonyl (C=O) groups excluding carboxylic acids is 1. The SMILES string of the molecule is COc1ccccc1-n1nnnc1SCC(=O)N[C@@H]1CCN(Cc2ccccc2)C1. The van der Waals surface area contributed by atoms with Crippen molar-refractivity contribution < 1.29 is 9.53 Å². The van der Waals surface area contributed by atoms with Crippen LogP contribution in [0.4, 0.5) is 0 Å². The highest BCUT2D eigenvalue weighted by Gasteiger charge is 2.24. The van der Waals surface area contributed by atoms with Gasteiger partial charge in [-0.3, -0.25) is 9.69 Å². The van der Waals surface area contributed by atoms with E-state index in [0.29, 0.717) is 10.9 Å². The topological polar surface area (TPSA) is 85.2 Å². The molecule has 1 aromatic heterocycles. The van der Waals surface area contributed by atoms with Crippen molar-refractivity contribution >= 4 is 17.7 Å². The lowest BCUT2D eigenvalue weighted by molar-refractivity contribution is -0.119. The number of nitrogens with one attached hydrogen (secondary N) is 1. The standard InChI is InChI=1S/C21H24N6O2S/c1-29-19-10-6-5-9-18(19)27-21(23-24-25-27)30-15-20(28)22-17-11-12-26(14-17)13-16-7-3-2-4-8-16/h2-10,17H,11-15H2,1H3,(H,22,28)/t17-/m1/s1. The van der Waals surface area contributed by atoms with Crippen molar-refractivity contribution in [2.24, 2.45) is 0 Å². The Morgan fingerprint density at radius 1 is 1.20 bits per heavy atom. The van der Waals surface area contributed by atoms with Crippen molar-refractivity contribution in [3.05, 3.63) is 60.2 Å². The molecule has 1 aliphatic rings. The maximum absolute atomic E-state index is 12.5. The number of para-hydroxylation sites is 2. The van der Waals surface area contributed by atoms with Crippen LogP contribution in [-0.2, 0) is 11.3 Å². The summed E-state index contributed by atoms with van der Waals surface area (Å²) in [5.41, 5.74) is 2.03. The second-order valence-corrected chi connectivity index (χ2v) is 8.05. The molecule has 0 unspecified atom stereocenters. The highest BCUT2D eigenvalue weighted by atomic mass is 32.2. The minimum atomic E-state index is -0.0128. The van der Waals surface area contributed by atoms with E-state index in [2.05, 4.69) is 50.0 Å². The van der Waals surface area contributed by atoms with Gasteiger partial charge in [0.25, 0.3) is 0 Å². The fourth-order valence-electron chi connectivity index (χ4n) is 3.56. The van der Waals surface area contributed by atoms with Gasteiger partial charge < -0.3 is 10.1 Å². The van der Waals surface area contributed by atoms with Gasteiger partial charge in [0, 0.05) is 25.7 Å². The minimum Gasteiger partial charge on any atom is -0.494 e. The smallest absolute Gasteiger partial charge is 0.230 e. The molecule has 1 aliphatic heterocycles. The first kappa shape index (κ1) is 20.4. The molecule has 1 saturated heterocycles. The quantitative estimate of drug-likeness (QED) is 0.555. The van der Waals surface area contributed by atoms with Crippen molar-refractivity contribution in [2.75, 3.05) is 26.0 Å². The Bertz CT molecular complexity index is 980. The highest BCUT2D eigenvalue weighted by Crippen LogP contribution is 2.25. The molecule has 4 rings (SSSR count). The number of carbonyl (C=O) groups is 1. The number of benzene rings is 2. The van der Waals surface area contributed by atoms with Crippen LogP contribution in [-0.4, -0.2) is 63.0 Å². The molecule has 0 aliphatic carbocycles. The number of nitrogens with zero attached hydrogens (tertiary/aromatic N) is 5. The first-order valence-electron chi connectivity index (χ1n) is 9.83. The summed E-state index contributed by atoms with van der Waals surface area (Å²) in [6.07, 6.45) is 0.961. The average molecular weight is 425 g/mol. The van der Waals surface area contributed by atoms with Crippen molar-refractivity contribution in [1.29, 1.82) is 0 Å². The van der Waals surface area contributed by atoms with Crippen molar-refractivity contribution in [3.63, 3.8) is 0 Å². The Morgan fingerprint density at radius 3 is 2.83 bits per heavy atom. The molecule has 30 heavy (non-hydrogen) atoms. The molecular formula is C21H24N6O2S. The van der Waals surface area contributed by atoms with Gasteiger partial charge in [0.2, 0.25) is 11.1 Å². The second kappa shape index (κ2) is 9.73. The zero-order chi connectivity index (χ0) is 20.8. The molecule has 1 N–H and O–H groups in total. The Balaban J connectivity index is 1.29. The van der Waals surface area contributed by atoms with Gasteiger partial charge in [0.05, 0.1) is 12.9 Å². The van der Waals surface area contributed by atoms with E-state index < -0.39 is 0 Å². The summed E-state index contributed by atoms with van der Waals surface area (Å²) in [7, 11) is 1.60. The summed E-state index contributed by atoms with van der Waals surface area (Å²) in [6.45, 7) is 2.76. The maximum Gasteiger partial charge on any atom is 0.230 e. The van der Waals surface area contributed by atoms with Crippen molar-refractivity contribution in [3.8, 4) is 11.4 Å².